The number of hydrogen-bond acceptors (Lipinski definition) is 2. The minimum Gasteiger partial charge on any atom is -0.395 e. The Morgan fingerprint density at radius 3 is 2.59 bits per heavy atom. The molecule has 17 heavy (non-hydrogen) atoms. The zero-order valence-corrected chi connectivity index (χ0v) is 8.97. The molecule has 0 fully saturated rings. The summed E-state index contributed by atoms with van der Waals surface area (Å²) < 4.78 is 15.1. The summed E-state index contributed by atoms with van der Waals surface area (Å²) in [5.74, 6) is -0.421. The van der Waals surface area contributed by atoms with Crippen molar-refractivity contribution in [2.45, 2.75) is 0 Å². The number of hydrogen-bond donors (Lipinski definition) is 1. The fourth-order valence-corrected chi connectivity index (χ4v) is 1.88. The Morgan fingerprint density at radius 1 is 1.06 bits per heavy atom. The number of nitrogen functional groups attached to an aromatic ring is 1. The first kappa shape index (κ1) is 9.84. The van der Waals surface area contributed by atoms with Crippen LogP contribution >= 0.6 is 0 Å². The van der Waals surface area contributed by atoms with Crippen LogP contribution in [0.4, 0.5) is 10.1 Å². The molecule has 3 aromatic rings. The molecule has 3 rings (SSSR count). The Kier molecular flexibility index (Phi) is 2.08. The van der Waals surface area contributed by atoms with Crippen molar-refractivity contribution >= 4 is 16.6 Å². The smallest absolute Gasteiger partial charge is 0.148 e. The van der Waals surface area contributed by atoms with Crippen LogP contribution < -0.4 is 5.73 Å². The van der Waals surface area contributed by atoms with Gasteiger partial charge in [0.1, 0.15) is 5.82 Å². The van der Waals surface area contributed by atoms with Crippen molar-refractivity contribution in [3.63, 3.8) is 0 Å². The van der Waals surface area contributed by atoms with Gasteiger partial charge in [-0.05, 0) is 24.3 Å². The van der Waals surface area contributed by atoms with Gasteiger partial charge in [0.2, 0.25) is 0 Å². The summed E-state index contributed by atoms with van der Waals surface area (Å²) in [4.78, 5) is 0. The summed E-state index contributed by atoms with van der Waals surface area (Å²) >= 11 is 0. The number of aromatic nitrogens is 2. The van der Waals surface area contributed by atoms with E-state index in [-0.39, 0.29) is 5.69 Å². The largest absolute Gasteiger partial charge is 0.395 e. The van der Waals surface area contributed by atoms with E-state index in [1.807, 2.05) is 30.3 Å². The van der Waals surface area contributed by atoms with Crippen molar-refractivity contribution in [1.29, 1.82) is 0 Å². The van der Waals surface area contributed by atoms with Gasteiger partial charge in [0, 0.05) is 5.39 Å². The van der Waals surface area contributed by atoms with Crippen LogP contribution in [0.5, 0.6) is 0 Å². The van der Waals surface area contributed by atoms with Crippen molar-refractivity contribution in [3.05, 3.63) is 54.5 Å². The van der Waals surface area contributed by atoms with Crippen LogP contribution in [0.15, 0.2) is 48.7 Å². The minimum absolute atomic E-state index is 0.129. The number of nitrogens with zero attached hydrogens (tertiary/aromatic N) is 2. The predicted octanol–water partition coefficient (Wildman–Crippen LogP) is 2.75. The first-order valence-corrected chi connectivity index (χ1v) is 5.24. The quantitative estimate of drug-likeness (QED) is 0.649. The van der Waals surface area contributed by atoms with E-state index >= 15 is 0 Å². The number of rotatable bonds is 1. The van der Waals surface area contributed by atoms with Gasteiger partial charge in [-0.2, -0.15) is 5.10 Å². The van der Waals surface area contributed by atoms with Gasteiger partial charge < -0.3 is 5.73 Å². The third-order valence-electron chi connectivity index (χ3n) is 2.72. The molecule has 0 unspecified atom stereocenters. The summed E-state index contributed by atoms with van der Waals surface area (Å²) in [5.41, 5.74) is 7.36. The molecule has 4 heteroatoms. The Hall–Kier alpha value is -2.36. The van der Waals surface area contributed by atoms with Gasteiger partial charge in [0.05, 0.1) is 23.1 Å². The maximum absolute atomic E-state index is 13.5. The highest BCUT2D eigenvalue weighted by Gasteiger charge is 2.10. The molecular weight excluding hydrogens is 217 g/mol. The minimum atomic E-state index is -0.421. The second-order valence-corrected chi connectivity index (χ2v) is 3.79. The van der Waals surface area contributed by atoms with Gasteiger partial charge in [0.15, 0.2) is 0 Å². The third kappa shape index (κ3) is 1.45. The number of anilines is 1. The Labute approximate surface area is 97.3 Å². The molecule has 0 aliphatic heterocycles. The van der Waals surface area contributed by atoms with Gasteiger partial charge in [-0.15, -0.1) is 0 Å². The van der Waals surface area contributed by atoms with Gasteiger partial charge >= 0.3 is 0 Å². The van der Waals surface area contributed by atoms with Crippen LogP contribution in [-0.2, 0) is 0 Å². The van der Waals surface area contributed by atoms with E-state index in [2.05, 4.69) is 5.10 Å². The molecule has 84 valence electrons. The Morgan fingerprint density at radius 2 is 1.82 bits per heavy atom. The first-order valence-electron chi connectivity index (χ1n) is 5.24. The molecule has 0 amide bonds. The lowest BCUT2D eigenvalue weighted by Gasteiger charge is -2.05. The standard InChI is InChI=1S/C13H10FN3/c14-11-7-6-9-8-16-17(13(9)12(11)15)10-4-2-1-3-5-10/h1-8H,15H2. The highest BCUT2D eigenvalue weighted by molar-refractivity contribution is 5.91. The van der Waals surface area contributed by atoms with Crippen LogP contribution in [-0.4, -0.2) is 9.78 Å². The molecule has 2 aromatic carbocycles. The van der Waals surface area contributed by atoms with E-state index < -0.39 is 5.82 Å². The lowest BCUT2D eigenvalue weighted by Crippen LogP contribution is -2.00. The van der Waals surface area contributed by atoms with Gasteiger partial charge in [0.25, 0.3) is 0 Å². The molecule has 3 nitrogen and oxygen atoms in total. The van der Waals surface area contributed by atoms with Crippen LogP contribution in [0.3, 0.4) is 0 Å². The SMILES string of the molecule is Nc1c(F)ccc2cnn(-c3ccccc3)c12. The maximum Gasteiger partial charge on any atom is 0.148 e. The highest BCUT2D eigenvalue weighted by Crippen LogP contribution is 2.25. The number of benzene rings is 2. The summed E-state index contributed by atoms with van der Waals surface area (Å²) in [6.45, 7) is 0. The summed E-state index contributed by atoms with van der Waals surface area (Å²) in [6.07, 6.45) is 1.68. The number of para-hydroxylation sites is 1. The molecule has 0 bridgehead atoms. The van der Waals surface area contributed by atoms with E-state index in [0.717, 1.165) is 11.1 Å². The van der Waals surface area contributed by atoms with Gasteiger partial charge in [-0.25, -0.2) is 9.07 Å². The molecule has 1 heterocycles. The van der Waals surface area contributed by atoms with E-state index in [1.165, 1.54) is 6.07 Å². The molecule has 0 saturated heterocycles. The third-order valence-corrected chi connectivity index (χ3v) is 2.72. The second-order valence-electron chi connectivity index (χ2n) is 3.79. The van der Waals surface area contributed by atoms with Crippen LogP contribution in [0.1, 0.15) is 0 Å². The number of fused-ring (bicyclic) bond motifs is 1. The van der Waals surface area contributed by atoms with E-state index in [9.17, 15) is 4.39 Å². The maximum atomic E-state index is 13.5. The lowest BCUT2D eigenvalue weighted by atomic mass is 10.2. The zero-order valence-electron chi connectivity index (χ0n) is 8.97. The van der Waals surface area contributed by atoms with E-state index in [4.69, 9.17) is 5.73 Å². The van der Waals surface area contributed by atoms with Crippen molar-refractivity contribution in [2.24, 2.45) is 0 Å². The summed E-state index contributed by atoms with van der Waals surface area (Å²) in [7, 11) is 0. The molecule has 2 N–H and O–H groups in total. The number of nitrogens with two attached hydrogens (primary N) is 1. The molecule has 0 aliphatic carbocycles. The van der Waals surface area contributed by atoms with Crippen molar-refractivity contribution < 1.29 is 4.39 Å². The monoisotopic (exact) mass is 227 g/mol. The van der Waals surface area contributed by atoms with Gasteiger partial charge in [-0.3, -0.25) is 0 Å². The zero-order chi connectivity index (χ0) is 11.8. The molecule has 1 aromatic heterocycles. The van der Waals surface area contributed by atoms with E-state index in [1.54, 1.807) is 16.9 Å². The van der Waals surface area contributed by atoms with Crippen molar-refractivity contribution in [2.75, 3.05) is 5.73 Å². The average Bonchev–Trinajstić information content (AvgIpc) is 2.79. The summed E-state index contributed by atoms with van der Waals surface area (Å²) in [6, 6.07) is 12.5. The highest BCUT2D eigenvalue weighted by atomic mass is 19.1. The average molecular weight is 227 g/mol. The van der Waals surface area contributed by atoms with Crippen LogP contribution in [0.25, 0.3) is 16.6 Å². The number of halogens is 1. The summed E-state index contributed by atoms with van der Waals surface area (Å²) in [5, 5.41) is 5.06. The Balaban J connectivity index is 2.35. The van der Waals surface area contributed by atoms with Crippen molar-refractivity contribution in [1.82, 2.24) is 9.78 Å². The Bertz CT molecular complexity index is 674. The molecule has 0 atom stereocenters. The van der Waals surface area contributed by atoms with Gasteiger partial charge in [-0.1, -0.05) is 18.2 Å². The van der Waals surface area contributed by atoms with E-state index in [0.29, 0.717) is 5.52 Å². The second kappa shape index (κ2) is 3.59. The molecular formula is C13H10FN3. The first-order chi connectivity index (χ1) is 8.27. The predicted molar refractivity (Wildman–Crippen MR) is 65.4 cm³/mol. The topological polar surface area (TPSA) is 43.8 Å². The fourth-order valence-electron chi connectivity index (χ4n) is 1.88. The van der Waals surface area contributed by atoms with Crippen molar-refractivity contribution in [3.8, 4) is 5.69 Å². The fraction of sp³-hybridized carbons (Fsp3) is 0. The normalized spacial score (nSPS) is 10.9. The molecule has 0 radical (unpaired) electrons. The van der Waals surface area contributed by atoms with Crippen LogP contribution in [0.2, 0.25) is 0 Å². The lowest BCUT2D eigenvalue weighted by molar-refractivity contribution is 0.633. The molecule has 0 spiro atoms. The van der Waals surface area contributed by atoms with Crippen LogP contribution in [0, 0.1) is 5.82 Å². The molecule has 0 aliphatic rings. The molecule has 0 saturated carbocycles.